The number of unbranched alkanes of at least 4 members (excludes halogenated alkanes) is 31. The Morgan fingerprint density at radius 3 is 0.825 bits per heavy atom. The van der Waals surface area contributed by atoms with E-state index in [0.717, 1.165) is 128 Å². The summed E-state index contributed by atoms with van der Waals surface area (Å²) in [6, 6.07) is 0. The van der Waals surface area contributed by atoms with Gasteiger partial charge in [-0.15, -0.1) is 0 Å². The minimum atomic E-state index is -1.63. The molecular weight excluding hydrogens is 1200 g/mol. The summed E-state index contributed by atoms with van der Waals surface area (Å²) in [7, 11) is 5.93. The SMILES string of the molecule is CC/C=C\C/C=C\C/C=C\C/C=C\C/C=C\C/C=C\C/C=C\CCCCCCCCCCCC(=O)OC(COC(=O)CCCCCCCCCCCCCCCCCCCCCCCC/C=C\C/C=C\C/C=C\C/C=C\C/C=C\C/C=C\CC)COC(OCC[N+](C)(C)C)C(=O)[O-]. The summed E-state index contributed by atoms with van der Waals surface area (Å²) in [6.07, 6.45) is 111. The predicted molar refractivity (Wildman–Crippen MR) is 416 cm³/mol. The van der Waals surface area contributed by atoms with Gasteiger partial charge in [0.25, 0.3) is 0 Å². The second-order valence-electron chi connectivity index (χ2n) is 27.2. The molecular formula is C88H147NO8. The molecule has 0 fully saturated rings. The minimum absolute atomic E-state index is 0.141. The summed E-state index contributed by atoms with van der Waals surface area (Å²) in [6.45, 7) is 4.53. The highest BCUT2D eigenvalue weighted by molar-refractivity contribution is 5.70. The highest BCUT2D eigenvalue weighted by Gasteiger charge is 2.22. The maximum Gasteiger partial charge on any atom is 0.306 e. The fourth-order valence-electron chi connectivity index (χ4n) is 10.8. The van der Waals surface area contributed by atoms with Gasteiger partial charge in [-0.3, -0.25) is 9.59 Å². The average Bonchev–Trinajstić information content (AvgIpc) is 2.39. The number of carbonyl (C=O) groups excluding carboxylic acids is 3. The normalized spacial score (nSPS) is 13.5. The number of rotatable bonds is 72. The molecule has 0 spiro atoms. The standard InChI is InChI=1S/C88H147NO8/c1-6-8-10-12-14-16-18-20-22-24-26-28-30-32-34-36-38-39-40-41-42-43-44-45-46-47-49-50-52-54-56-58-60-62-64-66-68-70-72-74-76-78-85(90)95-82-84(83-96-88(87(92)93)94-81-80-89(3,4)5)97-86(91)79-77-75-73-71-69-67-65-63-61-59-57-55-53-51-48-37-35-33-31-29-27-25-23-21-19-17-15-13-11-9-7-2/h8-11,14-17,20-23,26-29,32-35,38-39,48,51,55,57,84,88H,6-7,12-13,18-19,24-25,30-31,36-37,40-47,49-50,52-54,56,58-83H2,1-5H3/b10-8-,11-9-,16-14-,17-15-,22-20-,23-21-,28-26-,29-27-,34-32-,35-33-,39-38-,51-48-,57-55-. The molecule has 0 aromatic rings. The lowest BCUT2D eigenvalue weighted by molar-refractivity contribution is -0.870. The van der Waals surface area contributed by atoms with Crippen molar-refractivity contribution >= 4 is 17.9 Å². The Kier molecular flexibility index (Phi) is 72.6. The fourth-order valence-corrected chi connectivity index (χ4v) is 10.8. The molecule has 0 N–H and O–H groups in total. The number of carbonyl (C=O) groups is 3. The lowest BCUT2D eigenvalue weighted by atomic mass is 10.0. The molecule has 552 valence electrons. The Labute approximate surface area is 597 Å². The molecule has 0 aliphatic heterocycles. The van der Waals surface area contributed by atoms with Gasteiger partial charge >= 0.3 is 11.9 Å². The molecule has 0 rings (SSSR count). The van der Waals surface area contributed by atoms with Crippen LogP contribution in [-0.2, 0) is 33.3 Å². The number of aliphatic carboxylic acids is 1. The van der Waals surface area contributed by atoms with Gasteiger partial charge in [0, 0.05) is 12.8 Å². The van der Waals surface area contributed by atoms with Crippen molar-refractivity contribution in [2.75, 3.05) is 47.5 Å². The van der Waals surface area contributed by atoms with E-state index in [1.54, 1.807) is 0 Å². The Balaban J connectivity index is 4.04. The van der Waals surface area contributed by atoms with Gasteiger partial charge in [0.05, 0.1) is 40.3 Å². The number of carboxylic acids is 1. The highest BCUT2D eigenvalue weighted by atomic mass is 16.7. The summed E-state index contributed by atoms with van der Waals surface area (Å²) in [5, 5.41) is 11.9. The molecule has 0 saturated carbocycles. The Bertz CT molecular complexity index is 2160. The van der Waals surface area contributed by atoms with Gasteiger partial charge in [0.1, 0.15) is 13.2 Å². The van der Waals surface area contributed by atoms with Crippen molar-refractivity contribution in [3.63, 3.8) is 0 Å². The smallest absolute Gasteiger partial charge is 0.306 e. The first-order valence-electron chi connectivity index (χ1n) is 39.6. The van der Waals surface area contributed by atoms with E-state index in [4.69, 9.17) is 18.9 Å². The van der Waals surface area contributed by atoms with Crippen LogP contribution in [0.15, 0.2) is 158 Å². The maximum atomic E-state index is 13.0. The summed E-state index contributed by atoms with van der Waals surface area (Å²) in [5.41, 5.74) is 0. The lowest BCUT2D eigenvalue weighted by Gasteiger charge is -2.26. The van der Waals surface area contributed by atoms with Crippen molar-refractivity contribution < 1.29 is 42.9 Å². The zero-order chi connectivity index (χ0) is 70.4. The third-order valence-corrected chi connectivity index (χ3v) is 16.8. The number of carboxylic acid groups (broad SMARTS) is 1. The predicted octanol–water partition coefficient (Wildman–Crippen LogP) is 24.3. The first-order chi connectivity index (χ1) is 47.6. The van der Waals surface area contributed by atoms with Crippen molar-refractivity contribution in [1.29, 1.82) is 0 Å². The number of hydrogen-bond donors (Lipinski definition) is 0. The molecule has 0 saturated heterocycles. The van der Waals surface area contributed by atoms with Crippen molar-refractivity contribution in [3.8, 4) is 0 Å². The molecule has 0 amide bonds. The van der Waals surface area contributed by atoms with Crippen molar-refractivity contribution in [3.05, 3.63) is 158 Å². The van der Waals surface area contributed by atoms with E-state index in [-0.39, 0.29) is 38.6 Å². The van der Waals surface area contributed by atoms with Gasteiger partial charge < -0.3 is 33.3 Å². The summed E-state index contributed by atoms with van der Waals surface area (Å²) >= 11 is 0. The van der Waals surface area contributed by atoms with Crippen LogP contribution in [0.5, 0.6) is 0 Å². The molecule has 2 atom stereocenters. The van der Waals surface area contributed by atoms with Crippen molar-refractivity contribution in [2.45, 2.75) is 334 Å². The molecule has 0 aliphatic carbocycles. The van der Waals surface area contributed by atoms with Crippen LogP contribution < -0.4 is 5.11 Å². The van der Waals surface area contributed by atoms with Crippen molar-refractivity contribution in [1.82, 2.24) is 0 Å². The lowest BCUT2D eigenvalue weighted by Crippen LogP contribution is -2.44. The van der Waals surface area contributed by atoms with Gasteiger partial charge in [0.2, 0.25) is 0 Å². The van der Waals surface area contributed by atoms with E-state index >= 15 is 0 Å². The number of quaternary nitrogens is 1. The van der Waals surface area contributed by atoms with E-state index in [0.29, 0.717) is 17.4 Å². The second-order valence-corrected chi connectivity index (χ2v) is 27.2. The third-order valence-electron chi connectivity index (χ3n) is 16.8. The Morgan fingerprint density at radius 1 is 0.309 bits per heavy atom. The van der Waals surface area contributed by atoms with Gasteiger partial charge in [0.15, 0.2) is 12.4 Å². The summed E-state index contributed by atoms with van der Waals surface area (Å²) in [4.78, 5) is 37.6. The Hall–Kier alpha value is -5.09. The number of allylic oxidation sites excluding steroid dienone is 26. The zero-order valence-corrected chi connectivity index (χ0v) is 63.1. The molecule has 97 heavy (non-hydrogen) atoms. The number of nitrogens with zero attached hydrogens (tertiary/aromatic N) is 1. The van der Waals surface area contributed by atoms with E-state index in [9.17, 15) is 19.5 Å². The molecule has 0 radical (unpaired) electrons. The Morgan fingerprint density at radius 2 is 0.557 bits per heavy atom. The van der Waals surface area contributed by atoms with E-state index in [1.165, 1.54) is 161 Å². The van der Waals surface area contributed by atoms with Crippen LogP contribution in [-0.4, -0.2) is 82.3 Å². The van der Waals surface area contributed by atoms with Crippen LogP contribution in [0.2, 0.25) is 0 Å². The van der Waals surface area contributed by atoms with Crippen LogP contribution in [0.3, 0.4) is 0 Å². The van der Waals surface area contributed by atoms with Gasteiger partial charge in [-0.2, -0.15) is 0 Å². The van der Waals surface area contributed by atoms with Gasteiger partial charge in [-0.25, -0.2) is 0 Å². The van der Waals surface area contributed by atoms with E-state index < -0.39 is 24.3 Å². The van der Waals surface area contributed by atoms with Crippen molar-refractivity contribution in [2.24, 2.45) is 0 Å². The molecule has 9 heteroatoms. The average molecular weight is 1350 g/mol. The zero-order valence-electron chi connectivity index (χ0n) is 63.1. The fraction of sp³-hybridized carbons (Fsp3) is 0.670. The number of likely N-dealkylation sites (N-methyl/N-ethyl adjacent to an activating group) is 1. The highest BCUT2D eigenvalue weighted by Crippen LogP contribution is 2.18. The summed E-state index contributed by atoms with van der Waals surface area (Å²) in [5.74, 6) is -2.29. The monoisotopic (exact) mass is 1350 g/mol. The molecule has 0 bridgehead atoms. The molecule has 0 aromatic heterocycles. The molecule has 0 heterocycles. The third kappa shape index (κ3) is 78.1. The topological polar surface area (TPSA) is 111 Å². The van der Waals surface area contributed by atoms with Crippen LogP contribution in [0, 0.1) is 0 Å². The molecule has 0 aliphatic rings. The van der Waals surface area contributed by atoms with Crippen LogP contribution >= 0.6 is 0 Å². The largest absolute Gasteiger partial charge is 0.545 e. The van der Waals surface area contributed by atoms with Gasteiger partial charge in [-0.05, 0) is 122 Å². The van der Waals surface area contributed by atoms with Crippen LogP contribution in [0.1, 0.15) is 322 Å². The number of ether oxygens (including phenoxy) is 4. The first kappa shape index (κ1) is 91.9. The van der Waals surface area contributed by atoms with E-state index in [2.05, 4.69) is 172 Å². The second kappa shape index (κ2) is 76.7. The number of esters is 2. The molecule has 9 nitrogen and oxygen atoms in total. The first-order valence-corrected chi connectivity index (χ1v) is 39.6. The van der Waals surface area contributed by atoms with Crippen LogP contribution in [0.25, 0.3) is 0 Å². The molecule has 0 aromatic carbocycles. The molecule has 2 unspecified atom stereocenters. The van der Waals surface area contributed by atoms with Gasteiger partial charge in [-0.1, -0.05) is 345 Å². The number of hydrogen-bond acceptors (Lipinski definition) is 8. The minimum Gasteiger partial charge on any atom is -0.545 e. The van der Waals surface area contributed by atoms with Crippen LogP contribution in [0.4, 0.5) is 0 Å². The maximum absolute atomic E-state index is 13.0. The van der Waals surface area contributed by atoms with E-state index in [1.807, 2.05) is 21.1 Å². The quantitative estimate of drug-likeness (QED) is 0.0195. The summed E-state index contributed by atoms with van der Waals surface area (Å²) < 4.78 is 22.8.